The normalized spacial score (nSPS) is 26.8. The number of carbonyl (C=O) groups is 2. The van der Waals surface area contributed by atoms with E-state index in [1.54, 1.807) is 26.4 Å². The van der Waals surface area contributed by atoms with Gasteiger partial charge < -0.3 is 33.2 Å². The van der Waals surface area contributed by atoms with Gasteiger partial charge >= 0.3 is 11.9 Å². The van der Waals surface area contributed by atoms with Crippen LogP contribution in [-0.4, -0.2) is 72.4 Å². The van der Waals surface area contributed by atoms with Crippen LogP contribution in [0.15, 0.2) is 42.0 Å². The molecule has 1 aromatic carbocycles. The number of hydrogen-bond acceptors (Lipinski definition) is 10. The number of ether oxygens (including phenoxy) is 7. The molecule has 9 nitrogen and oxygen atoms in total. The van der Waals surface area contributed by atoms with E-state index in [-0.39, 0.29) is 11.9 Å². The SMILES string of the molecule is COC(=O)/C=C/C1=CC2C(c3ccc(OC)c(OC)c3)C(C(=O)OC)C1C(OC)(OC)C2OCS. The molecule has 1 fully saturated rings. The van der Waals surface area contributed by atoms with E-state index in [1.807, 2.05) is 18.2 Å². The Bertz CT molecular complexity index is 985. The smallest absolute Gasteiger partial charge is 0.330 e. The van der Waals surface area contributed by atoms with Gasteiger partial charge in [0.2, 0.25) is 5.79 Å². The van der Waals surface area contributed by atoms with Crippen LogP contribution in [0.1, 0.15) is 11.5 Å². The molecule has 0 heterocycles. The molecular weight excluding hydrogens is 476 g/mol. The molecule has 0 saturated heterocycles. The molecule has 5 atom stereocenters. The fourth-order valence-electron chi connectivity index (χ4n) is 5.46. The molecule has 0 aliphatic heterocycles. The van der Waals surface area contributed by atoms with Crippen molar-refractivity contribution in [2.45, 2.75) is 17.8 Å². The molecule has 192 valence electrons. The first kappa shape index (κ1) is 27.1. The van der Waals surface area contributed by atoms with Crippen molar-refractivity contribution in [3.63, 3.8) is 0 Å². The van der Waals surface area contributed by atoms with E-state index in [0.717, 1.165) is 5.56 Å². The molecule has 0 aromatic heterocycles. The zero-order chi connectivity index (χ0) is 25.8. The van der Waals surface area contributed by atoms with Crippen molar-refractivity contribution in [1.29, 1.82) is 0 Å². The lowest BCUT2D eigenvalue weighted by molar-refractivity contribution is -0.323. The lowest BCUT2D eigenvalue weighted by Gasteiger charge is -2.58. The van der Waals surface area contributed by atoms with Crippen LogP contribution in [0, 0.1) is 17.8 Å². The standard InChI is InChI=1S/C25H32O9S/c1-28-17-9-7-14(12-18(17)29-2)20-16-11-15(8-10-19(26)30-3)22(21(20)24(27)31-4)25(32-5,33-6)23(16)34-13-35/h7-12,16,20-23,35H,13H2,1-6H3/b10-8+. The molecule has 0 spiro atoms. The van der Waals surface area contributed by atoms with E-state index in [4.69, 9.17) is 33.2 Å². The Morgan fingerprint density at radius 2 is 1.69 bits per heavy atom. The first-order valence-corrected chi connectivity index (χ1v) is 11.6. The fourth-order valence-corrected chi connectivity index (χ4v) is 5.62. The number of methoxy groups -OCH3 is 6. The third-order valence-corrected chi connectivity index (χ3v) is 7.00. The Balaban J connectivity index is 2.28. The molecular formula is C25H32O9S. The van der Waals surface area contributed by atoms with E-state index >= 15 is 0 Å². The Labute approximate surface area is 210 Å². The minimum atomic E-state index is -1.34. The third-order valence-electron chi connectivity index (χ3n) is 6.86. The quantitative estimate of drug-likeness (QED) is 0.221. The molecule has 0 N–H and O–H groups in total. The summed E-state index contributed by atoms with van der Waals surface area (Å²) < 4.78 is 38.9. The highest BCUT2D eigenvalue weighted by molar-refractivity contribution is 7.80. The summed E-state index contributed by atoms with van der Waals surface area (Å²) in [5, 5.41) is 0. The largest absolute Gasteiger partial charge is 0.493 e. The van der Waals surface area contributed by atoms with Gasteiger partial charge in [0.1, 0.15) is 6.10 Å². The Hall–Kier alpha value is -2.53. The monoisotopic (exact) mass is 508 g/mol. The summed E-state index contributed by atoms with van der Waals surface area (Å²) in [6.45, 7) is 0. The van der Waals surface area contributed by atoms with Crippen LogP contribution in [0.3, 0.4) is 0 Å². The van der Waals surface area contributed by atoms with Gasteiger partial charge in [0.25, 0.3) is 0 Å². The first-order chi connectivity index (χ1) is 16.9. The lowest BCUT2D eigenvalue weighted by Crippen LogP contribution is -2.67. The third kappa shape index (κ3) is 4.67. The highest BCUT2D eigenvalue weighted by atomic mass is 32.1. The average Bonchev–Trinajstić information content (AvgIpc) is 2.90. The van der Waals surface area contributed by atoms with E-state index in [9.17, 15) is 9.59 Å². The molecule has 1 aromatic rings. The maximum absolute atomic E-state index is 13.4. The van der Waals surface area contributed by atoms with Gasteiger partial charge in [-0.2, -0.15) is 12.6 Å². The summed E-state index contributed by atoms with van der Waals surface area (Å²) in [6.07, 6.45) is 4.29. The van der Waals surface area contributed by atoms with Gasteiger partial charge in [-0.1, -0.05) is 18.2 Å². The van der Waals surface area contributed by atoms with Crippen LogP contribution in [0.5, 0.6) is 11.5 Å². The second-order valence-corrected chi connectivity index (χ2v) is 8.37. The minimum Gasteiger partial charge on any atom is -0.493 e. The van der Waals surface area contributed by atoms with Crippen molar-refractivity contribution >= 4 is 24.6 Å². The van der Waals surface area contributed by atoms with E-state index < -0.39 is 41.6 Å². The highest BCUT2D eigenvalue weighted by Crippen LogP contribution is 2.60. The maximum Gasteiger partial charge on any atom is 0.330 e. The minimum absolute atomic E-state index is 0.102. The second kappa shape index (κ2) is 11.5. The van der Waals surface area contributed by atoms with Gasteiger partial charge in [0.15, 0.2) is 11.5 Å². The van der Waals surface area contributed by atoms with Crippen LogP contribution < -0.4 is 9.47 Å². The van der Waals surface area contributed by atoms with E-state index in [0.29, 0.717) is 17.1 Å². The molecule has 3 aliphatic carbocycles. The van der Waals surface area contributed by atoms with Crippen molar-refractivity contribution in [1.82, 2.24) is 0 Å². The zero-order valence-corrected chi connectivity index (χ0v) is 21.6. The van der Waals surface area contributed by atoms with Gasteiger partial charge in [-0.05, 0) is 23.3 Å². The van der Waals surface area contributed by atoms with Gasteiger partial charge in [0, 0.05) is 32.1 Å². The number of fused-ring (bicyclic) bond motifs is 2. The second-order valence-electron chi connectivity index (χ2n) is 8.11. The molecule has 4 rings (SSSR count). The van der Waals surface area contributed by atoms with Crippen molar-refractivity contribution in [3.8, 4) is 11.5 Å². The molecule has 3 aliphatic rings. The Morgan fingerprint density at radius 1 is 1.00 bits per heavy atom. The summed E-state index contributed by atoms with van der Waals surface area (Å²) >= 11 is 4.28. The van der Waals surface area contributed by atoms with Crippen LogP contribution in [0.2, 0.25) is 0 Å². The van der Waals surface area contributed by atoms with Gasteiger partial charge in [-0.15, -0.1) is 0 Å². The predicted octanol–water partition coefficient (Wildman–Crippen LogP) is 2.75. The Morgan fingerprint density at radius 3 is 2.23 bits per heavy atom. The van der Waals surface area contributed by atoms with Crippen molar-refractivity contribution in [3.05, 3.63) is 47.6 Å². The molecule has 2 bridgehead atoms. The molecule has 1 saturated carbocycles. The highest BCUT2D eigenvalue weighted by Gasteiger charge is 2.66. The van der Waals surface area contributed by atoms with Crippen LogP contribution in [0.25, 0.3) is 0 Å². The summed E-state index contributed by atoms with van der Waals surface area (Å²) in [4.78, 5) is 25.2. The first-order valence-electron chi connectivity index (χ1n) is 11.0. The predicted molar refractivity (Wildman–Crippen MR) is 129 cm³/mol. The number of esters is 2. The summed E-state index contributed by atoms with van der Waals surface area (Å²) in [5.41, 5.74) is 1.50. The van der Waals surface area contributed by atoms with E-state index in [2.05, 4.69) is 12.6 Å². The Kier molecular flexibility index (Phi) is 8.87. The number of carbonyl (C=O) groups excluding carboxylic acids is 2. The van der Waals surface area contributed by atoms with Crippen LogP contribution in [0.4, 0.5) is 0 Å². The number of allylic oxidation sites excluding steroid dienone is 1. The number of rotatable bonds is 10. The van der Waals surface area contributed by atoms with Crippen molar-refractivity contribution in [2.75, 3.05) is 48.6 Å². The molecule has 0 radical (unpaired) electrons. The number of hydrogen-bond donors (Lipinski definition) is 1. The number of benzene rings is 1. The number of thiol groups is 1. The molecule has 5 unspecified atom stereocenters. The average molecular weight is 509 g/mol. The van der Waals surface area contributed by atoms with Crippen LogP contribution >= 0.6 is 12.6 Å². The van der Waals surface area contributed by atoms with Gasteiger partial charge in [0.05, 0.1) is 46.2 Å². The summed E-state index contributed by atoms with van der Waals surface area (Å²) in [5.74, 6) is -3.32. The molecule has 10 heteroatoms. The lowest BCUT2D eigenvalue weighted by atomic mass is 9.53. The van der Waals surface area contributed by atoms with Crippen molar-refractivity contribution in [2.24, 2.45) is 17.8 Å². The van der Waals surface area contributed by atoms with Crippen LogP contribution in [-0.2, 0) is 33.3 Å². The molecule has 35 heavy (non-hydrogen) atoms. The maximum atomic E-state index is 13.4. The molecule has 0 amide bonds. The van der Waals surface area contributed by atoms with Crippen molar-refractivity contribution < 1.29 is 42.7 Å². The summed E-state index contributed by atoms with van der Waals surface area (Å²) in [7, 11) is 8.75. The zero-order valence-electron chi connectivity index (χ0n) is 20.7. The topological polar surface area (TPSA) is 98.8 Å². The fraction of sp³-hybridized carbons (Fsp3) is 0.520. The van der Waals surface area contributed by atoms with Gasteiger partial charge in [-0.25, -0.2) is 4.79 Å². The van der Waals surface area contributed by atoms with Gasteiger partial charge in [-0.3, -0.25) is 4.79 Å². The van der Waals surface area contributed by atoms with E-state index in [1.165, 1.54) is 34.5 Å². The summed E-state index contributed by atoms with van der Waals surface area (Å²) in [6, 6.07) is 5.53.